The summed E-state index contributed by atoms with van der Waals surface area (Å²) >= 11 is 0. The van der Waals surface area contributed by atoms with Gasteiger partial charge in [0.1, 0.15) is 5.60 Å². The van der Waals surface area contributed by atoms with Crippen molar-refractivity contribution in [1.29, 1.82) is 0 Å². The fraction of sp³-hybridized carbons (Fsp3) is 0.533. The van der Waals surface area contributed by atoms with E-state index in [0.29, 0.717) is 18.3 Å². The summed E-state index contributed by atoms with van der Waals surface area (Å²) in [6.07, 6.45) is 8.59. The van der Waals surface area contributed by atoms with Crippen LogP contribution in [0.15, 0.2) is 47.1 Å². The highest BCUT2D eigenvalue weighted by atomic mass is 16.5. The van der Waals surface area contributed by atoms with E-state index in [-0.39, 0.29) is 22.9 Å². The van der Waals surface area contributed by atoms with E-state index in [1.54, 1.807) is 12.5 Å². The number of ether oxygens (including phenoxy) is 1. The van der Waals surface area contributed by atoms with Crippen LogP contribution >= 0.6 is 0 Å². The standard InChI is InChI=1S/C30H34O3/c1-5-15-30(33-4)16-14-27-25-12-10-22-17-23(32)11-13-24(22)28(25)26(18-29(27,30)3)21-8-6-20(7-9-21)19(2)31/h6-9,17,25-27H,10-14,16,18H2,1-4H3/t25-,26+,27-,29?,30-/m0/s1. The Morgan fingerprint density at radius 3 is 2.55 bits per heavy atom. The molecule has 4 aliphatic carbocycles. The van der Waals surface area contributed by atoms with Gasteiger partial charge in [-0.1, -0.05) is 42.7 Å². The van der Waals surface area contributed by atoms with E-state index in [0.717, 1.165) is 44.1 Å². The molecule has 0 saturated heterocycles. The van der Waals surface area contributed by atoms with Crippen LogP contribution in [0.5, 0.6) is 0 Å². The summed E-state index contributed by atoms with van der Waals surface area (Å²) in [4.78, 5) is 24.1. The zero-order valence-electron chi connectivity index (χ0n) is 20.3. The molecule has 0 aliphatic heterocycles. The molecule has 5 rings (SSSR count). The van der Waals surface area contributed by atoms with Crippen LogP contribution < -0.4 is 0 Å². The summed E-state index contributed by atoms with van der Waals surface area (Å²) in [6, 6.07) is 8.24. The predicted octanol–water partition coefficient (Wildman–Crippen LogP) is 6.20. The van der Waals surface area contributed by atoms with Gasteiger partial charge in [0.05, 0.1) is 0 Å². The molecule has 0 N–H and O–H groups in total. The molecule has 0 heterocycles. The van der Waals surface area contributed by atoms with Crippen molar-refractivity contribution in [2.24, 2.45) is 17.3 Å². The number of carbonyl (C=O) groups is 2. The van der Waals surface area contributed by atoms with Gasteiger partial charge in [-0.2, -0.15) is 0 Å². The second kappa shape index (κ2) is 8.10. The molecule has 33 heavy (non-hydrogen) atoms. The summed E-state index contributed by atoms with van der Waals surface area (Å²) in [6.45, 7) is 5.95. The molecule has 2 fully saturated rings. The second-order valence-corrected chi connectivity index (χ2v) is 10.6. The minimum Gasteiger partial charge on any atom is -0.365 e. The van der Waals surface area contributed by atoms with Gasteiger partial charge in [-0.3, -0.25) is 9.59 Å². The molecule has 0 radical (unpaired) electrons. The van der Waals surface area contributed by atoms with Crippen LogP contribution in [0, 0.1) is 29.1 Å². The molecule has 1 aromatic rings. The summed E-state index contributed by atoms with van der Waals surface area (Å²) in [5.41, 5.74) is 5.85. The topological polar surface area (TPSA) is 43.4 Å². The van der Waals surface area contributed by atoms with E-state index in [1.807, 2.05) is 32.2 Å². The average Bonchev–Trinajstić information content (AvgIpc) is 3.10. The third-order valence-corrected chi connectivity index (χ3v) is 9.25. The van der Waals surface area contributed by atoms with Crippen LogP contribution in [0.25, 0.3) is 0 Å². The first-order valence-corrected chi connectivity index (χ1v) is 12.4. The first kappa shape index (κ1) is 22.4. The maximum Gasteiger partial charge on any atom is 0.159 e. The predicted molar refractivity (Wildman–Crippen MR) is 130 cm³/mol. The monoisotopic (exact) mass is 442 g/mol. The largest absolute Gasteiger partial charge is 0.365 e. The van der Waals surface area contributed by atoms with Crippen molar-refractivity contribution in [3.8, 4) is 11.8 Å². The fourth-order valence-electron chi connectivity index (χ4n) is 7.69. The molecule has 0 aromatic heterocycles. The van der Waals surface area contributed by atoms with Crippen molar-refractivity contribution >= 4 is 11.6 Å². The molecule has 0 bridgehead atoms. The zero-order chi connectivity index (χ0) is 23.4. The average molecular weight is 443 g/mol. The highest BCUT2D eigenvalue weighted by molar-refractivity contribution is 5.94. The Bertz CT molecular complexity index is 1130. The van der Waals surface area contributed by atoms with E-state index in [9.17, 15) is 9.59 Å². The lowest BCUT2D eigenvalue weighted by atomic mass is 9.51. The number of ketones is 2. The highest BCUT2D eigenvalue weighted by Crippen LogP contribution is 2.67. The van der Waals surface area contributed by atoms with Crippen LogP contribution in [-0.4, -0.2) is 24.3 Å². The van der Waals surface area contributed by atoms with Crippen LogP contribution in [0.3, 0.4) is 0 Å². The van der Waals surface area contributed by atoms with Gasteiger partial charge in [-0.05, 0) is 87.0 Å². The van der Waals surface area contributed by atoms with Crippen molar-refractivity contribution in [2.45, 2.75) is 77.2 Å². The Kier molecular flexibility index (Phi) is 5.49. The second-order valence-electron chi connectivity index (χ2n) is 10.6. The molecule has 3 nitrogen and oxygen atoms in total. The van der Waals surface area contributed by atoms with E-state index < -0.39 is 5.60 Å². The minimum absolute atomic E-state index is 0.0465. The molecule has 1 unspecified atom stereocenters. The molecule has 0 spiro atoms. The first-order valence-electron chi connectivity index (χ1n) is 12.4. The lowest BCUT2D eigenvalue weighted by Crippen LogP contribution is -2.52. The number of hydrogen-bond acceptors (Lipinski definition) is 3. The maximum absolute atomic E-state index is 12.2. The molecular weight excluding hydrogens is 408 g/mol. The van der Waals surface area contributed by atoms with E-state index in [2.05, 4.69) is 30.9 Å². The van der Waals surface area contributed by atoms with Gasteiger partial charge >= 0.3 is 0 Å². The summed E-state index contributed by atoms with van der Waals surface area (Å²) in [5.74, 6) is 8.36. The fourth-order valence-corrected chi connectivity index (χ4v) is 7.69. The van der Waals surface area contributed by atoms with Crippen LogP contribution in [0.1, 0.15) is 87.6 Å². The number of rotatable bonds is 3. The third-order valence-electron chi connectivity index (χ3n) is 9.25. The van der Waals surface area contributed by atoms with Gasteiger partial charge in [0.15, 0.2) is 11.6 Å². The Balaban J connectivity index is 1.69. The lowest BCUT2D eigenvalue weighted by molar-refractivity contribution is -0.114. The minimum atomic E-state index is -0.418. The van der Waals surface area contributed by atoms with Gasteiger partial charge in [0.25, 0.3) is 0 Å². The lowest BCUT2D eigenvalue weighted by Gasteiger charge is -2.54. The Labute approximate surface area is 197 Å². The molecule has 1 aromatic carbocycles. The third kappa shape index (κ3) is 3.29. The normalized spacial score (nSPS) is 35.1. The Morgan fingerprint density at radius 1 is 1.12 bits per heavy atom. The number of methoxy groups -OCH3 is 1. The number of benzene rings is 1. The van der Waals surface area contributed by atoms with Gasteiger partial charge in [-0.15, -0.1) is 5.92 Å². The number of allylic oxidation sites excluding steroid dienone is 4. The van der Waals surface area contributed by atoms with Crippen LogP contribution in [-0.2, 0) is 9.53 Å². The van der Waals surface area contributed by atoms with Gasteiger partial charge in [0.2, 0.25) is 0 Å². The molecule has 3 heteroatoms. The molecule has 0 amide bonds. The van der Waals surface area contributed by atoms with E-state index in [1.165, 1.54) is 16.7 Å². The van der Waals surface area contributed by atoms with Crippen molar-refractivity contribution in [2.75, 3.05) is 7.11 Å². The van der Waals surface area contributed by atoms with Crippen molar-refractivity contribution in [3.63, 3.8) is 0 Å². The molecular formula is C30H34O3. The van der Waals surface area contributed by atoms with Gasteiger partial charge in [-0.25, -0.2) is 0 Å². The summed E-state index contributed by atoms with van der Waals surface area (Å²) in [7, 11) is 1.83. The van der Waals surface area contributed by atoms with Crippen LogP contribution in [0.4, 0.5) is 0 Å². The summed E-state index contributed by atoms with van der Waals surface area (Å²) in [5, 5.41) is 0. The van der Waals surface area contributed by atoms with Crippen molar-refractivity contribution < 1.29 is 14.3 Å². The maximum atomic E-state index is 12.2. The molecule has 4 aliphatic rings. The smallest absolute Gasteiger partial charge is 0.159 e. The van der Waals surface area contributed by atoms with E-state index in [4.69, 9.17) is 4.74 Å². The number of carbonyl (C=O) groups excluding carboxylic acids is 2. The number of Topliss-reactive ketones (excluding diaryl/α,β-unsaturated/α-hetero) is 1. The quantitative estimate of drug-likeness (QED) is 0.414. The highest BCUT2D eigenvalue weighted by Gasteiger charge is 2.63. The van der Waals surface area contributed by atoms with E-state index >= 15 is 0 Å². The zero-order valence-corrected chi connectivity index (χ0v) is 20.3. The van der Waals surface area contributed by atoms with Gasteiger partial charge < -0.3 is 4.74 Å². The summed E-state index contributed by atoms with van der Waals surface area (Å²) < 4.78 is 6.26. The van der Waals surface area contributed by atoms with Gasteiger partial charge in [0, 0.05) is 30.4 Å². The number of fused-ring (bicyclic) bond motifs is 4. The molecule has 172 valence electrons. The molecule has 5 atom stereocenters. The first-order chi connectivity index (χ1) is 15.8. The van der Waals surface area contributed by atoms with Crippen LogP contribution in [0.2, 0.25) is 0 Å². The Hall–Kier alpha value is -2.44. The number of hydrogen-bond donors (Lipinski definition) is 0. The molecule has 2 saturated carbocycles. The SMILES string of the molecule is CC#C[C@]1(OC)CC[C@H]2[C@@H]3CCC4=CC(=O)CCC4=C3[C@@H](c3ccc(C(C)=O)cc3)CC21C. The van der Waals surface area contributed by atoms with Crippen molar-refractivity contribution in [3.05, 3.63) is 58.2 Å². The Morgan fingerprint density at radius 2 is 1.88 bits per heavy atom. The van der Waals surface area contributed by atoms with Crippen molar-refractivity contribution in [1.82, 2.24) is 0 Å².